The van der Waals surface area contributed by atoms with E-state index >= 15 is 0 Å². The number of Topliss-reactive ketones (excluding diaryl/α,β-unsaturated/α-hetero) is 3. The first kappa shape index (κ1) is 19.0. The number of thioether (sulfide) groups is 1. The van der Waals surface area contributed by atoms with Gasteiger partial charge in [-0.15, -0.1) is 18.3 Å². The highest BCUT2D eigenvalue weighted by molar-refractivity contribution is 7.99. The summed E-state index contributed by atoms with van der Waals surface area (Å²) in [6, 6.07) is 2.90. The third-order valence-corrected chi connectivity index (χ3v) is 5.02. The maximum atomic E-state index is 12.6. The van der Waals surface area contributed by atoms with Crippen LogP contribution in [0.15, 0.2) is 24.8 Å². The monoisotopic (exact) mass is 386 g/mol. The molecule has 0 N–H and O–H groups in total. The number of carbonyl (C=O) groups excluding carboxylic acids is 3. The zero-order chi connectivity index (χ0) is 17.7. The summed E-state index contributed by atoms with van der Waals surface area (Å²) >= 11 is 13.8. The van der Waals surface area contributed by atoms with Gasteiger partial charge >= 0.3 is 0 Å². The Morgan fingerprint density at radius 1 is 1.29 bits per heavy atom. The van der Waals surface area contributed by atoms with Crippen LogP contribution in [0.25, 0.3) is 0 Å². The van der Waals surface area contributed by atoms with Crippen LogP contribution in [0, 0.1) is 5.92 Å². The number of benzene rings is 1. The van der Waals surface area contributed by atoms with Crippen molar-refractivity contribution in [2.45, 2.75) is 19.3 Å². The Morgan fingerprint density at radius 2 is 1.96 bits per heavy atom. The molecule has 1 aliphatic rings. The number of carbonyl (C=O) groups is 3. The van der Waals surface area contributed by atoms with Crippen molar-refractivity contribution in [2.24, 2.45) is 5.92 Å². The highest BCUT2D eigenvalue weighted by Crippen LogP contribution is 2.37. The summed E-state index contributed by atoms with van der Waals surface area (Å²) in [7, 11) is 0. The zero-order valence-corrected chi connectivity index (χ0v) is 15.2. The second kappa shape index (κ2) is 8.70. The highest BCUT2D eigenvalue weighted by atomic mass is 35.5. The third-order valence-electron chi connectivity index (χ3n) is 3.59. The zero-order valence-electron chi connectivity index (χ0n) is 12.8. The van der Waals surface area contributed by atoms with Crippen molar-refractivity contribution in [3.05, 3.63) is 40.4 Å². The molecule has 1 fully saturated rings. The van der Waals surface area contributed by atoms with Crippen LogP contribution in [0.5, 0.6) is 5.75 Å². The van der Waals surface area contributed by atoms with E-state index in [4.69, 9.17) is 27.9 Å². The first-order valence-corrected chi connectivity index (χ1v) is 9.27. The van der Waals surface area contributed by atoms with Crippen LogP contribution in [-0.4, -0.2) is 29.0 Å². The minimum Gasteiger partial charge on any atom is -0.480 e. The fraction of sp³-hybridized carbons (Fsp3) is 0.353. The average Bonchev–Trinajstić information content (AvgIpc) is 2.53. The molecule has 0 radical (unpaired) electrons. The summed E-state index contributed by atoms with van der Waals surface area (Å²) in [5, 5.41) is 0.287. The largest absolute Gasteiger partial charge is 0.480 e. The van der Waals surface area contributed by atoms with Crippen LogP contribution in [-0.2, 0) is 9.59 Å². The fourth-order valence-corrected chi connectivity index (χ4v) is 3.48. The van der Waals surface area contributed by atoms with Gasteiger partial charge in [-0.05, 0) is 18.6 Å². The molecule has 0 unspecified atom stereocenters. The standard InChI is InChI=1S/C17H16Cl2O4S/c1-2-8-24-9-23-17-11(18)7-6-10(15(17)19)16(22)14-12(20)4-3-5-13(14)21/h2,6-7,14H,1,3-5,8-9H2. The van der Waals surface area contributed by atoms with Gasteiger partial charge in [0.05, 0.1) is 10.0 Å². The van der Waals surface area contributed by atoms with Crippen LogP contribution >= 0.6 is 35.0 Å². The lowest BCUT2D eigenvalue weighted by atomic mass is 9.81. The first-order chi connectivity index (χ1) is 11.5. The Labute approximate surface area is 154 Å². The molecule has 0 atom stereocenters. The molecule has 0 bridgehead atoms. The summed E-state index contributed by atoms with van der Waals surface area (Å²) in [6.45, 7) is 3.61. The normalized spacial score (nSPS) is 15.4. The van der Waals surface area contributed by atoms with E-state index in [9.17, 15) is 14.4 Å². The summed E-state index contributed by atoms with van der Waals surface area (Å²) in [5.41, 5.74) is 0.0818. The second-order valence-electron chi connectivity index (χ2n) is 5.24. The molecular formula is C17H16Cl2O4S. The Hall–Kier alpha value is -1.30. The van der Waals surface area contributed by atoms with E-state index in [1.165, 1.54) is 23.9 Å². The Balaban J connectivity index is 2.26. The van der Waals surface area contributed by atoms with Crippen LogP contribution in [0.3, 0.4) is 0 Å². The van der Waals surface area contributed by atoms with Gasteiger partial charge in [0.1, 0.15) is 11.9 Å². The molecule has 7 heteroatoms. The quantitative estimate of drug-likeness (QED) is 0.229. The minimum absolute atomic E-state index is 0.0258. The molecule has 1 aliphatic carbocycles. The number of ether oxygens (including phenoxy) is 1. The molecule has 2 rings (SSSR count). The van der Waals surface area contributed by atoms with Crippen molar-refractivity contribution in [1.82, 2.24) is 0 Å². The van der Waals surface area contributed by atoms with Gasteiger partial charge in [-0.3, -0.25) is 14.4 Å². The van der Waals surface area contributed by atoms with Crippen molar-refractivity contribution in [3.63, 3.8) is 0 Å². The minimum atomic E-state index is -1.26. The topological polar surface area (TPSA) is 60.4 Å². The van der Waals surface area contributed by atoms with Gasteiger partial charge in [-0.25, -0.2) is 0 Å². The first-order valence-electron chi connectivity index (χ1n) is 7.36. The third kappa shape index (κ3) is 4.21. The summed E-state index contributed by atoms with van der Waals surface area (Å²) in [4.78, 5) is 36.6. The molecule has 1 saturated carbocycles. The van der Waals surface area contributed by atoms with Gasteiger partial charge in [0, 0.05) is 24.2 Å². The van der Waals surface area contributed by atoms with E-state index < -0.39 is 11.7 Å². The molecule has 0 aliphatic heterocycles. The molecule has 0 aromatic heterocycles. The predicted molar refractivity (Wildman–Crippen MR) is 96.3 cm³/mol. The van der Waals surface area contributed by atoms with E-state index in [0.29, 0.717) is 12.2 Å². The summed E-state index contributed by atoms with van der Waals surface area (Å²) < 4.78 is 5.53. The van der Waals surface area contributed by atoms with Crippen molar-refractivity contribution in [3.8, 4) is 5.75 Å². The lowest BCUT2D eigenvalue weighted by molar-refractivity contribution is -0.133. The van der Waals surface area contributed by atoms with Crippen LogP contribution in [0.4, 0.5) is 0 Å². The molecular weight excluding hydrogens is 371 g/mol. The lowest BCUT2D eigenvalue weighted by Gasteiger charge is -2.19. The Bertz CT molecular complexity index is 671. The van der Waals surface area contributed by atoms with Gasteiger partial charge in [0.15, 0.2) is 23.1 Å². The van der Waals surface area contributed by atoms with Crippen LogP contribution in [0.2, 0.25) is 10.0 Å². The second-order valence-corrected chi connectivity index (χ2v) is 7.01. The van der Waals surface area contributed by atoms with Crippen molar-refractivity contribution < 1.29 is 19.1 Å². The molecule has 0 heterocycles. The Morgan fingerprint density at radius 3 is 2.58 bits per heavy atom. The van der Waals surface area contributed by atoms with E-state index in [1.54, 1.807) is 6.08 Å². The van der Waals surface area contributed by atoms with E-state index in [2.05, 4.69) is 6.58 Å². The van der Waals surface area contributed by atoms with Crippen molar-refractivity contribution in [2.75, 3.05) is 11.7 Å². The van der Waals surface area contributed by atoms with Crippen molar-refractivity contribution >= 4 is 52.3 Å². The number of hydrogen-bond acceptors (Lipinski definition) is 5. The molecule has 0 spiro atoms. The molecule has 1 aromatic carbocycles. The van der Waals surface area contributed by atoms with E-state index in [-0.39, 0.29) is 51.7 Å². The van der Waals surface area contributed by atoms with Gasteiger partial charge < -0.3 is 4.74 Å². The molecule has 0 amide bonds. The van der Waals surface area contributed by atoms with Crippen LogP contribution in [0.1, 0.15) is 29.6 Å². The molecule has 1 aromatic rings. The lowest BCUT2D eigenvalue weighted by Crippen LogP contribution is -2.35. The maximum Gasteiger partial charge on any atom is 0.182 e. The Kier molecular flexibility index (Phi) is 6.90. The number of halogens is 2. The predicted octanol–water partition coefficient (Wildman–Crippen LogP) is 4.37. The smallest absolute Gasteiger partial charge is 0.182 e. The SMILES string of the molecule is C=CCSCOc1c(Cl)ccc(C(=O)C2C(=O)CCCC2=O)c1Cl. The van der Waals surface area contributed by atoms with Gasteiger partial charge in [-0.2, -0.15) is 0 Å². The van der Waals surface area contributed by atoms with Gasteiger partial charge in [0.2, 0.25) is 0 Å². The molecule has 128 valence electrons. The maximum absolute atomic E-state index is 12.6. The molecule has 4 nitrogen and oxygen atoms in total. The molecule has 24 heavy (non-hydrogen) atoms. The van der Waals surface area contributed by atoms with Crippen LogP contribution < -0.4 is 4.74 Å². The highest BCUT2D eigenvalue weighted by Gasteiger charge is 2.37. The van der Waals surface area contributed by atoms with Crippen molar-refractivity contribution in [1.29, 1.82) is 0 Å². The van der Waals surface area contributed by atoms with Gasteiger partial charge in [0.25, 0.3) is 0 Å². The number of rotatable bonds is 7. The average molecular weight is 387 g/mol. The van der Waals surface area contributed by atoms with E-state index in [1.807, 2.05) is 0 Å². The van der Waals surface area contributed by atoms with Gasteiger partial charge in [-0.1, -0.05) is 29.3 Å². The molecule has 0 saturated heterocycles. The van der Waals surface area contributed by atoms with E-state index in [0.717, 1.165) is 0 Å². The summed E-state index contributed by atoms with van der Waals surface area (Å²) in [5.74, 6) is -1.41. The fourth-order valence-electron chi connectivity index (χ4n) is 2.44. The number of ketones is 3. The number of hydrogen-bond donors (Lipinski definition) is 0. The summed E-state index contributed by atoms with van der Waals surface area (Å²) in [6.07, 6.45) is 2.69.